The second-order valence-electron chi connectivity index (χ2n) is 6.85. The zero-order valence-corrected chi connectivity index (χ0v) is 13.8. The third-order valence-corrected chi connectivity index (χ3v) is 4.84. The van der Waals surface area contributed by atoms with E-state index >= 15 is 0 Å². The minimum atomic E-state index is -0.632. The van der Waals surface area contributed by atoms with E-state index in [1.165, 1.54) is 6.92 Å². The summed E-state index contributed by atoms with van der Waals surface area (Å²) in [4.78, 5) is 22.8. The predicted molar refractivity (Wildman–Crippen MR) is 80.2 cm³/mol. The molecule has 0 radical (unpaired) electrons. The van der Waals surface area contributed by atoms with Crippen LogP contribution in [0.2, 0.25) is 0 Å². The number of carbonyl (C=O) groups excluding carboxylic acids is 2. The molecule has 0 aromatic heterocycles. The van der Waals surface area contributed by atoms with E-state index in [2.05, 4.69) is 19.9 Å². The highest BCUT2D eigenvalue weighted by atomic mass is 16.6. The Morgan fingerprint density at radius 1 is 1.38 bits per heavy atom. The van der Waals surface area contributed by atoms with Crippen LogP contribution >= 0.6 is 0 Å². The van der Waals surface area contributed by atoms with Gasteiger partial charge in [0.2, 0.25) is 0 Å². The first kappa shape index (κ1) is 17.7. The Morgan fingerprint density at radius 2 is 2.00 bits per heavy atom. The van der Waals surface area contributed by atoms with Gasteiger partial charge in [-0.3, -0.25) is 4.79 Å². The summed E-state index contributed by atoms with van der Waals surface area (Å²) in [5, 5.41) is 9.64. The number of rotatable bonds is 5. The number of Topliss-reactive ketones (excluding diaryl/α,β-unsaturated/α-hetero) is 1. The Labute approximate surface area is 127 Å². The van der Waals surface area contributed by atoms with E-state index in [0.29, 0.717) is 24.7 Å². The molecule has 0 aromatic carbocycles. The van der Waals surface area contributed by atoms with Gasteiger partial charge in [-0.2, -0.15) is 5.26 Å². The standard InChI is InChI=1S/C17H27NO3/c1-11(2)14-8-9-17(5,21-13(4)20)16(15(14)10-18)7-6-12(3)19/h11,14-16H,6-9H2,1-5H3/t14-,15+,16+,17+/m0/s1. The van der Waals surface area contributed by atoms with Gasteiger partial charge in [0.05, 0.1) is 12.0 Å². The summed E-state index contributed by atoms with van der Waals surface area (Å²) in [6.07, 6.45) is 2.69. The average molecular weight is 293 g/mol. The van der Waals surface area contributed by atoms with Gasteiger partial charge in [-0.15, -0.1) is 0 Å². The molecule has 0 spiro atoms. The molecule has 118 valence electrons. The van der Waals surface area contributed by atoms with E-state index in [4.69, 9.17) is 4.74 Å². The molecule has 4 atom stereocenters. The Balaban J connectivity index is 3.06. The van der Waals surface area contributed by atoms with Crippen molar-refractivity contribution in [2.45, 2.75) is 65.9 Å². The molecule has 0 heterocycles. The van der Waals surface area contributed by atoms with Crippen molar-refractivity contribution in [2.24, 2.45) is 23.7 Å². The number of carbonyl (C=O) groups is 2. The molecule has 0 amide bonds. The average Bonchev–Trinajstić information content (AvgIpc) is 2.34. The first-order valence-electron chi connectivity index (χ1n) is 7.80. The molecule has 0 saturated heterocycles. The molecular weight excluding hydrogens is 266 g/mol. The van der Waals surface area contributed by atoms with Gasteiger partial charge in [0.1, 0.15) is 11.4 Å². The number of nitriles is 1. The third-order valence-electron chi connectivity index (χ3n) is 4.84. The van der Waals surface area contributed by atoms with Crippen molar-refractivity contribution in [1.82, 2.24) is 0 Å². The van der Waals surface area contributed by atoms with Crippen LogP contribution in [0.15, 0.2) is 0 Å². The molecule has 1 fully saturated rings. The fraction of sp³-hybridized carbons (Fsp3) is 0.824. The summed E-state index contributed by atoms with van der Waals surface area (Å²) in [6, 6.07) is 2.43. The van der Waals surface area contributed by atoms with Gasteiger partial charge in [-0.25, -0.2) is 0 Å². The van der Waals surface area contributed by atoms with E-state index in [9.17, 15) is 14.9 Å². The van der Waals surface area contributed by atoms with Crippen LogP contribution in [0.25, 0.3) is 0 Å². The Morgan fingerprint density at radius 3 is 2.43 bits per heavy atom. The van der Waals surface area contributed by atoms with Crippen molar-refractivity contribution in [3.63, 3.8) is 0 Å². The maximum atomic E-state index is 11.4. The minimum absolute atomic E-state index is 0.0727. The van der Waals surface area contributed by atoms with Crippen molar-refractivity contribution in [2.75, 3.05) is 0 Å². The lowest BCUT2D eigenvalue weighted by molar-refractivity contribution is -0.171. The highest BCUT2D eigenvalue weighted by Crippen LogP contribution is 2.47. The number of nitrogens with zero attached hydrogens (tertiary/aromatic N) is 1. The highest BCUT2D eigenvalue weighted by Gasteiger charge is 2.49. The minimum Gasteiger partial charge on any atom is -0.459 e. The van der Waals surface area contributed by atoms with Gasteiger partial charge in [-0.1, -0.05) is 13.8 Å². The summed E-state index contributed by atoms with van der Waals surface area (Å²) in [5.41, 5.74) is -0.632. The molecular formula is C17H27NO3. The SMILES string of the molecule is CC(=O)CC[C@@H]1[C@H](C#N)[C@H](C(C)C)CC[C@@]1(C)OC(C)=O. The first-order chi connectivity index (χ1) is 9.71. The summed E-state index contributed by atoms with van der Waals surface area (Å²) in [7, 11) is 0. The van der Waals surface area contributed by atoms with Crippen LogP contribution in [0.1, 0.15) is 60.3 Å². The summed E-state index contributed by atoms with van der Waals surface area (Å²) in [6.45, 7) is 9.15. The lowest BCUT2D eigenvalue weighted by Crippen LogP contribution is -2.49. The second-order valence-corrected chi connectivity index (χ2v) is 6.85. The number of hydrogen-bond donors (Lipinski definition) is 0. The van der Waals surface area contributed by atoms with Gasteiger partial charge < -0.3 is 9.53 Å². The zero-order valence-electron chi connectivity index (χ0n) is 13.8. The fourth-order valence-corrected chi connectivity index (χ4v) is 3.73. The maximum absolute atomic E-state index is 11.4. The number of ether oxygens (including phenoxy) is 1. The van der Waals surface area contributed by atoms with Crippen LogP contribution in [0.3, 0.4) is 0 Å². The Bertz CT molecular complexity index is 438. The van der Waals surface area contributed by atoms with Gasteiger partial charge >= 0.3 is 5.97 Å². The largest absolute Gasteiger partial charge is 0.459 e. The van der Waals surface area contributed by atoms with Crippen LogP contribution in [0.4, 0.5) is 0 Å². The summed E-state index contributed by atoms with van der Waals surface area (Å²) in [5.74, 6) is 0.277. The molecule has 0 unspecified atom stereocenters. The number of esters is 1. The van der Waals surface area contributed by atoms with E-state index in [-0.39, 0.29) is 23.6 Å². The van der Waals surface area contributed by atoms with Crippen LogP contribution in [0.5, 0.6) is 0 Å². The monoisotopic (exact) mass is 293 g/mol. The number of ketones is 1. The normalized spacial score (nSPS) is 32.5. The smallest absolute Gasteiger partial charge is 0.303 e. The molecule has 1 aliphatic rings. The topological polar surface area (TPSA) is 67.2 Å². The molecule has 0 N–H and O–H groups in total. The van der Waals surface area contributed by atoms with E-state index in [1.54, 1.807) is 6.92 Å². The maximum Gasteiger partial charge on any atom is 0.303 e. The molecule has 0 aliphatic heterocycles. The van der Waals surface area contributed by atoms with Crippen molar-refractivity contribution in [3.05, 3.63) is 0 Å². The fourth-order valence-electron chi connectivity index (χ4n) is 3.73. The molecule has 21 heavy (non-hydrogen) atoms. The molecule has 1 saturated carbocycles. The Hall–Kier alpha value is -1.37. The van der Waals surface area contributed by atoms with Crippen molar-refractivity contribution < 1.29 is 14.3 Å². The molecule has 1 aliphatic carbocycles. The van der Waals surface area contributed by atoms with E-state index < -0.39 is 5.60 Å². The third kappa shape index (κ3) is 4.30. The number of hydrogen-bond acceptors (Lipinski definition) is 4. The van der Waals surface area contributed by atoms with Crippen molar-refractivity contribution >= 4 is 11.8 Å². The van der Waals surface area contributed by atoms with Crippen molar-refractivity contribution in [3.8, 4) is 6.07 Å². The predicted octanol–water partition coefficient (Wildman–Crippen LogP) is 3.50. The Kier molecular flexibility index (Phi) is 5.95. The second kappa shape index (κ2) is 7.06. The zero-order chi connectivity index (χ0) is 16.2. The van der Waals surface area contributed by atoms with Gasteiger partial charge in [0, 0.05) is 19.3 Å². The van der Waals surface area contributed by atoms with Crippen molar-refractivity contribution in [1.29, 1.82) is 5.26 Å². The molecule has 0 aromatic rings. The molecule has 1 rings (SSSR count). The molecule has 4 nitrogen and oxygen atoms in total. The van der Waals surface area contributed by atoms with Crippen LogP contribution in [-0.4, -0.2) is 17.4 Å². The van der Waals surface area contributed by atoms with Crippen LogP contribution < -0.4 is 0 Å². The quantitative estimate of drug-likeness (QED) is 0.728. The van der Waals surface area contributed by atoms with Gasteiger partial charge in [0.15, 0.2) is 0 Å². The summed E-state index contributed by atoms with van der Waals surface area (Å²) < 4.78 is 5.58. The summed E-state index contributed by atoms with van der Waals surface area (Å²) >= 11 is 0. The highest BCUT2D eigenvalue weighted by molar-refractivity contribution is 5.75. The van der Waals surface area contributed by atoms with E-state index in [1.807, 2.05) is 6.92 Å². The van der Waals surface area contributed by atoms with E-state index in [0.717, 1.165) is 12.8 Å². The molecule has 0 bridgehead atoms. The van der Waals surface area contributed by atoms with Crippen LogP contribution in [0, 0.1) is 35.0 Å². The van der Waals surface area contributed by atoms with Gasteiger partial charge in [0.25, 0.3) is 0 Å². The van der Waals surface area contributed by atoms with Gasteiger partial charge in [-0.05, 0) is 44.9 Å². The van der Waals surface area contributed by atoms with Crippen LogP contribution in [-0.2, 0) is 14.3 Å². The first-order valence-corrected chi connectivity index (χ1v) is 7.80. The lowest BCUT2D eigenvalue weighted by atomic mass is 9.61. The molecule has 4 heteroatoms. The lowest BCUT2D eigenvalue weighted by Gasteiger charge is -2.47.